The molecule has 6 heteroatoms. The van der Waals surface area contributed by atoms with Gasteiger partial charge in [-0.05, 0) is 59.2 Å². The normalized spacial score (nSPS) is 27.1. The first-order valence-electron chi connectivity index (χ1n) is 10.2. The van der Waals surface area contributed by atoms with E-state index in [4.69, 9.17) is 5.73 Å². The molecular formula is C22H30N6. The van der Waals surface area contributed by atoms with Crippen molar-refractivity contribution in [3.05, 3.63) is 22.9 Å². The maximum atomic E-state index is 10.2. The van der Waals surface area contributed by atoms with E-state index >= 15 is 0 Å². The lowest BCUT2D eigenvalue weighted by Crippen LogP contribution is -2.61. The van der Waals surface area contributed by atoms with Gasteiger partial charge in [-0.25, -0.2) is 0 Å². The van der Waals surface area contributed by atoms with E-state index < -0.39 is 10.8 Å². The molecule has 3 aliphatic rings. The minimum Gasteiger partial charge on any atom is -0.399 e. The van der Waals surface area contributed by atoms with Crippen LogP contribution in [-0.4, -0.2) is 48.1 Å². The summed E-state index contributed by atoms with van der Waals surface area (Å²) in [4.78, 5) is 4.76. The Morgan fingerprint density at radius 2 is 1.61 bits per heavy atom. The first-order valence-corrected chi connectivity index (χ1v) is 10.2. The van der Waals surface area contributed by atoms with Crippen LogP contribution >= 0.6 is 0 Å². The van der Waals surface area contributed by atoms with Gasteiger partial charge >= 0.3 is 0 Å². The van der Waals surface area contributed by atoms with Gasteiger partial charge in [-0.1, -0.05) is 6.08 Å². The molecule has 0 aromatic carbocycles. The predicted molar refractivity (Wildman–Crippen MR) is 107 cm³/mol. The van der Waals surface area contributed by atoms with Crippen LogP contribution in [0.5, 0.6) is 0 Å². The van der Waals surface area contributed by atoms with Crippen molar-refractivity contribution in [2.24, 2.45) is 22.5 Å². The van der Waals surface area contributed by atoms with E-state index in [1.54, 1.807) is 0 Å². The number of rotatable bonds is 2. The number of piperidine rings is 1. The lowest BCUT2D eigenvalue weighted by Gasteiger charge is -2.57. The third-order valence-corrected chi connectivity index (χ3v) is 7.31. The molecule has 0 amide bonds. The summed E-state index contributed by atoms with van der Waals surface area (Å²) < 4.78 is 0. The van der Waals surface area contributed by atoms with Gasteiger partial charge in [0.25, 0.3) is 0 Å². The Balaban J connectivity index is 2.20. The summed E-state index contributed by atoms with van der Waals surface area (Å²) in [5, 5.41) is 30.3. The number of nitrogens with two attached hydrogens (primary N) is 1. The summed E-state index contributed by atoms with van der Waals surface area (Å²) in [6.45, 7) is 11.9. The monoisotopic (exact) mass is 378 g/mol. The summed E-state index contributed by atoms with van der Waals surface area (Å²) in [6.07, 6.45) is 3.58. The molecule has 0 aromatic heterocycles. The molecule has 0 unspecified atom stereocenters. The number of hydrogen-bond acceptors (Lipinski definition) is 6. The molecule has 1 aliphatic carbocycles. The smallest absolute Gasteiger partial charge is 0.190 e. The largest absolute Gasteiger partial charge is 0.399 e. The molecule has 28 heavy (non-hydrogen) atoms. The Kier molecular flexibility index (Phi) is 5.28. The average Bonchev–Trinajstić information content (AvgIpc) is 2.69. The highest BCUT2D eigenvalue weighted by molar-refractivity contribution is 5.58. The highest BCUT2D eigenvalue weighted by atomic mass is 15.2. The first kappa shape index (κ1) is 20.4. The standard InChI is InChI=1S/C22H30N6/c1-15(2)27-9-6-21(7-10-27)19-12-28(16(3)4)8-5-17(19)18(11-23)20(26)22(21,13-24)14-25/h5,15-16,19H,6-10,12,26H2,1-4H3/t19-/m0/s1. The van der Waals surface area contributed by atoms with E-state index in [9.17, 15) is 15.8 Å². The van der Waals surface area contributed by atoms with Crippen LogP contribution in [0, 0.1) is 50.7 Å². The number of nitriles is 3. The molecule has 2 N–H and O–H groups in total. The van der Waals surface area contributed by atoms with Crippen molar-refractivity contribution in [1.82, 2.24) is 9.80 Å². The Morgan fingerprint density at radius 3 is 2.07 bits per heavy atom. The van der Waals surface area contributed by atoms with Gasteiger partial charge in [0.15, 0.2) is 5.41 Å². The SMILES string of the molecule is CC(C)N1CCC2(CC1)[C@H]1CN(C(C)C)CC=C1C(C#N)=C(N)C2(C#N)C#N. The fourth-order valence-electron chi connectivity index (χ4n) is 5.46. The topological polar surface area (TPSA) is 104 Å². The van der Waals surface area contributed by atoms with Gasteiger partial charge in [-0.15, -0.1) is 0 Å². The van der Waals surface area contributed by atoms with Gasteiger partial charge < -0.3 is 10.6 Å². The van der Waals surface area contributed by atoms with Crippen LogP contribution in [-0.2, 0) is 0 Å². The van der Waals surface area contributed by atoms with Crippen molar-refractivity contribution >= 4 is 0 Å². The number of likely N-dealkylation sites (tertiary alicyclic amines) is 1. The molecule has 1 saturated heterocycles. The third-order valence-electron chi connectivity index (χ3n) is 7.31. The van der Waals surface area contributed by atoms with E-state index in [2.05, 4.69) is 61.8 Å². The molecule has 0 radical (unpaired) electrons. The molecule has 2 heterocycles. The predicted octanol–water partition coefficient (Wildman–Crippen LogP) is 2.53. The Labute approximate surface area is 168 Å². The third kappa shape index (κ3) is 2.66. The van der Waals surface area contributed by atoms with Gasteiger partial charge in [-0.3, -0.25) is 4.90 Å². The molecule has 2 aliphatic heterocycles. The van der Waals surface area contributed by atoms with E-state index in [0.29, 0.717) is 17.7 Å². The molecule has 0 saturated carbocycles. The van der Waals surface area contributed by atoms with Crippen molar-refractivity contribution in [3.8, 4) is 18.2 Å². The summed E-state index contributed by atoms with van der Waals surface area (Å²) >= 11 is 0. The second kappa shape index (κ2) is 7.25. The van der Waals surface area contributed by atoms with Gasteiger partial charge in [0, 0.05) is 36.5 Å². The van der Waals surface area contributed by atoms with Crippen LogP contribution < -0.4 is 5.73 Å². The highest BCUT2D eigenvalue weighted by Gasteiger charge is 2.64. The van der Waals surface area contributed by atoms with Crippen LogP contribution in [0.4, 0.5) is 0 Å². The van der Waals surface area contributed by atoms with E-state index in [1.807, 2.05) is 0 Å². The van der Waals surface area contributed by atoms with Crippen molar-refractivity contribution in [2.45, 2.75) is 52.6 Å². The molecule has 1 spiro atoms. The molecule has 0 aromatic rings. The average molecular weight is 379 g/mol. The minimum absolute atomic E-state index is 0.0285. The van der Waals surface area contributed by atoms with Crippen molar-refractivity contribution in [3.63, 3.8) is 0 Å². The summed E-state index contributed by atoms with van der Waals surface area (Å²) in [5.74, 6) is -0.0285. The quantitative estimate of drug-likeness (QED) is 0.792. The first-order chi connectivity index (χ1) is 13.3. The number of hydrogen-bond donors (Lipinski definition) is 1. The maximum absolute atomic E-state index is 10.2. The van der Waals surface area contributed by atoms with Gasteiger partial charge in [0.1, 0.15) is 6.07 Å². The molecular weight excluding hydrogens is 348 g/mol. The molecule has 6 nitrogen and oxygen atoms in total. The lowest BCUT2D eigenvalue weighted by atomic mass is 9.47. The minimum atomic E-state index is -1.46. The van der Waals surface area contributed by atoms with Crippen molar-refractivity contribution < 1.29 is 0 Å². The van der Waals surface area contributed by atoms with Crippen molar-refractivity contribution in [1.29, 1.82) is 15.8 Å². The van der Waals surface area contributed by atoms with Crippen LogP contribution in [0.25, 0.3) is 0 Å². The van der Waals surface area contributed by atoms with Crippen molar-refractivity contribution in [2.75, 3.05) is 26.2 Å². The number of fused-ring (bicyclic) bond motifs is 2. The van der Waals surface area contributed by atoms with Gasteiger partial charge in [0.05, 0.1) is 23.4 Å². The van der Waals surface area contributed by atoms with Gasteiger partial charge in [0.2, 0.25) is 0 Å². The second-order valence-corrected chi connectivity index (χ2v) is 8.92. The Bertz CT molecular complexity index is 807. The zero-order valence-electron chi connectivity index (χ0n) is 17.4. The second-order valence-electron chi connectivity index (χ2n) is 8.92. The highest BCUT2D eigenvalue weighted by Crippen LogP contribution is 2.61. The van der Waals surface area contributed by atoms with Crippen LogP contribution in [0.1, 0.15) is 40.5 Å². The summed E-state index contributed by atoms with van der Waals surface area (Å²) in [5.41, 5.74) is 5.89. The molecule has 0 bridgehead atoms. The number of allylic oxidation sites excluding steroid dienone is 2. The molecule has 148 valence electrons. The fraction of sp³-hybridized carbons (Fsp3) is 0.682. The Morgan fingerprint density at radius 1 is 1.04 bits per heavy atom. The van der Waals surface area contributed by atoms with Gasteiger partial charge in [-0.2, -0.15) is 15.8 Å². The van der Waals surface area contributed by atoms with E-state index in [0.717, 1.165) is 44.6 Å². The fourth-order valence-corrected chi connectivity index (χ4v) is 5.46. The number of nitrogens with zero attached hydrogens (tertiary/aromatic N) is 5. The van der Waals surface area contributed by atoms with E-state index in [-0.39, 0.29) is 11.6 Å². The summed E-state index contributed by atoms with van der Waals surface area (Å²) in [7, 11) is 0. The molecule has 1 fully saturated rings. The maximum Gasteiger partial charge on any atom is 0.190 e. The van der Waals surface area contributed by atoms with E-state index in [1.165, 1.54) is 0 Å². The molecule has 1 atom stereocenters. The molecule has 3 rings (SSSR count). The lowest BCUT2D eigenvalue weighted by molar-refractivity contribution is -0.0212. The zero-order valence-corrected chi connectivity index (χ0v) is 17.4. The van der Waals surface area contributed by atoms with Crippen LogP contribution in [0.15, 0.2) is 22.9 Å². The summed E-state index contributed by atoms with van der Waals surface area (Å²) in [6, 6.07) is 7.62. The zero-order chi connectivity index (χ0) is 20.7. The Hall–Kier alpha value is -2.33. The van der Waals surface area contributed by atoms with Crippen LogP contribution in [0.3, 0.4) is 0 Å². The van der Waals surface area contributed by atoms with Crippen LogP contribution in [0.2, 0.25) is 0 Å².